The molecular weight excluding hydrogens is 662 g/mol. The van der Waals surface area contributed by atoms with Crippen LogP contribution >= 0.6 is 0 Å². The van der Waals surface area contributed by atoms with Crippen LogP contribution in [0, 0.1) is 5.41 Å². The number of nitrogens with zero attached hydrogens (tertiary/aromatic N) is 3. The molecule has 1 aromatic carbocycles. The van der Waals surface area contributed by atoms with Gasteiger partial charge in [-0.05, 0) is 30.5 Å². The van der Waals surface area contributed by atoms with Gasteiger partial charge in [0.2, 0.25) is 0 Å². The molecule has 0 bridgehead atoms. The van der Waals surface area contributed by atoms with Crippen LogP contribution in [0.1, 0.15) is 52.3 Å². The van der Waals surface area contributed by atoms with E-state index in [4.69, 9.17) is 23.7 Å². The number of anilines is 2. The lowest BCUT2D eigenvalue weighted by Crippen LogP contribution is -2.65. The van der Waals surface area contributed by atoms with Gasteiger partial charge in [-0.15, -0.1) is 0 Å². The monoisotopic (exact) mass is 703 g/mol. The van der Waals surface area contributed by atoms with E-state index in [0.29, 0.717) is 12.0 Å². The molecule has 8 atom stereocenters. The number of aromatic nitrogens is 2. The van der Waals surface area contributed by atoms with Crippen molar-refractivity contribution in [2.45, 2.75) is 82.6 Å². The number of para-hydroxylation sites is 1. The minimum Gasteiger partial charge on any atom is -0.466 e. The summed E-state index contributed by atoms with van der Waals surface area (Å²) in [5.41, 5.74) is 1.50. The van der Waals surface area contributed by atoms with Crippen molar-refractivity contribution in [3.05, 3.63) is 76.0 Å². The summed E-state index contributed by atoms with van der Waals surface area (Å²) in [6.45, 7) is 6.96. The van der Waals surface area contributed by atoms with Gasteiger partial charge in [0.15, 0.2) is 18.4 Å². The highest BCUT2D eigenvalue weighted by molar-refractivity contribution is 5.95. The zero-order valence-corrected chi connectivity index (χ0v) is 29.0. The second-order valence-electron chi connectivity index (χ2n) is 13.5. The first-order valence-corrected chi connectivity index (χ1v) is 17.1. The van der Waals surface area contributed by atoms with Crippen molar-refractivity contribution in [3.63, 3.8) is 0 Å². The maximum absolute atomic E-state index is 13.9. The third kappa shape index (κ3) is 5.41. The topological polar surface area (TPSA) is 177 Å². The Hall–Kier alpha value is -5.02. The minimum absolute atomic E-state index is 0.0128. The number of carbonyl (C=O) groups excluding carboxylic acids is 4. The highest BCUT2D eigenvalue weighted by atomic mass is 16.7. The third-order valence-corrected chi connectivity index (χ3v) is 10.9. The fraction of sp³-hybridized carbons (Fsp3) is 0.500. The van der Waals surface area contributed by atoms with Gasteiger partial charge in [-0.2, -0.15) is 4.98 Å². The summed E-state index contributed by atoms with van der Waals surface area (Å²) in [5.74, 6) is -2.29. The molecule has 270 valence electrons. The summed E-state index contributed by atoms with van der Waals surface area (Å²) in [5, 5.41) is 7.07. The predicted octanol–water partition coefficient (Wildman–Crippen LogP) is 2.19. The van der Waals surface area contributed by atoms with Crippen molar-refractivity contribution in [1.29, 1.82) is 0 Å². The van der Waals surface area contributed by atoms with Crippen LogP contribution in [0.25, 0.3) is 0 Å². The molecule has 0 amide bonds. The largest absolute Gasteiger partial charge is 0.466 e. The molecule has 1 aromatic heterocycles. The Morgan fingerprint density at radius 3 is 2.49 bits per heavy atom. The van der Waals surface area contributed by atoms with Gasteiger partial charge in [0, 0.05) is 62.9 Å². The van der Waals surface area contributed by atoms with Crippen LogP contribution in [-0.4, -0.2) is 95.5 Å². The molecule has 2 aromatic rings. The van der Waals surface area contributed by atoms with E-state index < -0.39 is 71.0 Å². The summed E-state index contributed by atoms with van der Waals surface area (Å²) >= 11 is 0. The van der Waals surface area contributed by atoms with Crippen molar-refractivity contribution >= 4 is 35.4 Å². The summed E-state index contributed by atoms with van der Waals surface area (Å²) < 4.78 is 28.7. The van der Waals surface area contributed by atoms with Gasteiger partial charge < -0.3 is 34.3 Å². The van der Waals surface area contributed by atoms with Gasteiger partial charge in [0.05, 0.1) is 24.1 Å². The lowest BCUT2D eigenvalue weighted by atomic mass is 9.53. The Bertz CT molecular complexity index is 1910. The zero-order valence-electron chi connectivity index (χ0n) is 29.0. The molecule has 1 unspecified atom stereocenters. The molecular formula is C36H41N5O10. The molecule has 5 heterocycles. The number of benzene rings is 1. The van der Waals surface area contributed by atoms with E-state index in [1.54, 1.807) is 6.07 Å². The molecule has 15 nitrogen and oxygen atoms in total. The number of hydrogen-bond donors (Lipinski definition) is 2. The Morgan fingerprint density at radius 2 is 1.80 bits per heavy atom. The molecule has 4 aliphatic heterocycles. The summed E-state index contributed by atoms with van der Waals surface area (Å²) in [7, 11) is 1.36. The van der Waals surface area contributed by atoms with Crippen LogP contribution in [0.4, 0.5) is 11.5 Å². The molecule has 1 aliphatic carbocycles. The lowest BCUT2D eigenvalue weighted by molar-refractivity contribution is -0.166. The number of ether oxygens (including phenoxy) is 5. The van der Waals surface area contributed by atoms with E-state index in [1.807, 2.05) is 18.2 Å². The molecule has 51 heavy (non-hydrogen) atoms. The molecule has 0 radical (unpaired) electrons. The van der Waals surface area contributed by atoms with Crippen LogP contribution in [-0.2, 0) is 48.3 Å². The summed E-state index contributed by atoms with van der Waals surface area (Å²) in [6.07, 6.45) is 2.50. The van der Waals surface area contributed by atoms with Crippen LogP contribution in [0.5, 0.6) is 0 Å². The molecule has 2 fully saturated rings. The summed E-state index contributed by atoms with van der Waals surface area (Å²) in [4.78, 5) is 70.3. The van der Waals surface area contributed by atoms with E-state index in [-0.39, 0.29) is 18.5 Å². The smallest absolute Gasteiger partial charge is 0.351 e. The Morgan fingerprint density at radius 1 is 1.06 bits per heavy atom. The normalized spacial score (nSPS) is 31.5. The number of rotatable bonds is 9. The van der Waals surface area contributed by atoms with E-state index in [2.05, 4.69) is 45.7 Å². The lowest BCUT2D eigenvalue weighted by Gasteiger charge is -2.57. The number of methoxy groups -OCH3 is 1. The number of nitrogens with one attached hydrogen (secondary N) is 2. The van der Waals surface area contributed by atoms with E-state index in [1.165, 1.54) is 34.1 Å². The average Bonchev–Trinajstić information content (AvgIpc) is 3.76. The van der Waals surface area contributed by atoms with Crippen molar-refractivity contribution < 1.29 is 42.9 Å². The Labute approximate surface area is 293 Å². The SMILES string of the molecule is CC[C@@]12C=CCN3CC[C@@]4(C(=C(C(=O)OC)C1Nc1ccn([C@H]5O[C@@H](COC(C)=O)[C@H](OC(C)=O)[C@@H]5OC(C)=O)c(=O)n1)Nc1ccccc14)[C@H]32. The maximum Gasteiger partial charge on any atom is 0.351 e. The maximum atomic E-state index is 13.9. The highest BCUT2D eigenvalue weighted by Gasteiger charge is 2.68. The zero-order chi connectivity index (χ0) is 36.2. The number of fused-ring (bicyclic) bond motifs is 1. The first-order chi connectivity index (χ1) is 24.4. The van der Waals surface area contributed by atoms with Gasteiger partial charge in [0.1, 0.15) is 18.5 Å². The quantitative estimate of drug-likeness (QED) is 0.221. The molecule has 1 spiro atoms. The molecule has 7 rings (SSSR count). The Kier molecular flexibility index (Phi) is 8.74. The standard InChI is InChI=1S/C36H41N5O10/c1-6-35-13-9-15-40-17-14-36(33(35)40)22-10-7-8-11-23(22)37-30(36)26(32(45)47-5)29(35)38-25-12-16-41(34(46)39-25)31-28(50-21(4)44)27(49-20(3)43)24(51-31)18-48-19(2)42/h7-13,16,24,27-29,31,33,37H,6,14-15,17-18H2,1-5H3,(H,38,39,46)/t24-,27-,28-,29?,31-,33+,35+,36+/m0/s1. The van der Waals surface area contributed by atoms with Gasteiger partial charge >= 0.3 is 29.6 Å². The van der Waals surface area contributed by atoms with Crippen molar-refractivity contribution in [2.75, 3.05) is 37.4 Å². The fourth-order valence-corrected chi connectivity index (χ4v) is 9.08. The first kappa shape index (κ1) is 34.4. The van der Waals surface area contributed by atoms with Crippen LogP contribution in [0.15, 0.2) is 64.7 Å². The minimum atomic E-state index is -1.27. The summed E-state index contributed by atoms with van der Waals surface area (Å²) in [6, 6.07) is 9.07. The fourth-order valence-electron chi connectivity index (χ4n) is 9.08. The number of esters is 4. The first-order valence-electron chi connectivity index (χ1n) is 17.1. The van der Waals surface area contributed by atoms with Crippen LogP contribution in [0.3, 0.4) is 0 Å². The van der Waals surface area contributed by atoms with E-state index in [9.17, 15) is 24.0 Å². The van der Waals surface area contributed by atoms with Crippen molar-refractivity contribution in [1.82, 2.24) is 14.5 Å². The second kappa shape index (κ2) is 12.9. The van der Waals surface area contributed by atoms with Crippen molar-refractivity contribution in [2.24, 2.45) is 5.41 Å². The van der Waals surface area contributed by atoms with Crippen LogP contribution < -0.4 is 16.3 Å². The van der Waals surface area contributed by atoms with Crippen LogP contribution in [0.2, 0.25) is 0 Å². The van der Waals surface area contributed by atoms with Gasteiger partial charge in [0.25, 0.3) is 0 Å². The molecule has 15 heteroatoms. The number of carbonyl (C=O) groups is 4. The molecule has 2 N–H and O–H groups in total. The van der Waals surface area contributed by atoms with E-state index in [0.717, 1.165) is 41.0 Å². The second-order valence-corrected chi connectivity index (χ2v) is 13.5. The molecule has 0 saturated carbocycles. The average molecular weight is 704 g/mol. The van der Waals surface area contributed by atoms with E-state index >= 15 is 0 Å². The highest BCUT2D eigenvalue weighted by Crippen LogP contribution is 2.64. The van der Waals surface area contributed by atoms with Gasteiger partial charge in [-0.1, -0.05) is 37.3 Å². The van der Waals surface area contributed by atoms with Gasteiger partial charge in [-0.25, -0.2) is 9.59 Å². The molecule has 5 aliphatic rings. The third-order valence-electron chi connectivity index (χ3n) is 10.9. The van der Waals surface area contributed by atoms with Crippen molar-refractivity contribution in [3.8, 4) is 0 Å². The van der Waals surface area contributed by atoms with Gasteiger partial charge in [-0.3, -0.25) is 23.9 Å². The predicted molar refractivity (Wildman–Crippen MR) is 180 cm³/mol. The molecule has 2 saturated heterocycles. The Balaban J connectivity index is 1.29. The number of hydrogen-bond acceptors (Lipinski definition) is 14.